The molecule has 1 fully saturated rings. The fraction of sp³-hybridized carbons (Fsp3) is 0.381. The van der Waals surface area contributed by atoms with Gasteiger partial charge in [0.25, 0.3) is 0 Å². The van der Waals surface area contributed by atoms with Crippen molar-refractivity contribution in [3.8, 4) is 0 Å². The Morgan fingerprint density at radius 2 is 1.80 bits per heavy atom. The third kappa shape index (κ3) is 4.93. The number of carbonyl (C=O) groups excluding carboxylic acids is 1. The molecule has 2 aromatic carbocycles. The van der Waals surface area contributed by atoms with Crippen molar-refractivity contribution in [1.82, 2.24) is 4.90 Å². The van der Waals surface area contributed by atoms with Crippen LogP contribution in [0.15, 0.2) is 46.9 Å². The van der Waals surface area contributed by atoms with Gasteiger partial charge in [-0.25, -0.2) is 0 Å². The number of halogens is 1. The molecule has 0 unspecified atom stereocenters. The Balaban J connectivity index is 1.50. The average molecular weight is 401 g/mol. The van der Waals surface area contributed by atoms with Gasteiger partial charge in [-0.15, -0.1) is 0 Å². The predicted octanol–water partition coefficient (Wildman–Crippen LogP) is 4.92. The van der Waals surface area contributed by atoms with Crippen LogP contribution in [0.25, 0.3) is 0 Å². The molecule has 132 valence electrons. The second kappa shape index (κ2) is 8.15. The van der Waals surface area contributed by atoms with Crippen LogP contribution in [0.3, 0.4) is 0 Å². The number of hydrogen-bond acceptors (Lipinski definition) is 2. The monoisotopic (exact) mass is 400 g/mol. The molecule has 0 radical (unpaired) electrons. The van der Waals surface area contributed by atoms with Crippen molar-refractivity contribution in [3.05, 3.63) is 63.6 Å². The molecule has 0 spiro atoms. The Hall–Kier alpha value is -1.65. The standard InChI is InChI=1S/C21H25BrN2O/c1-15-3-5-17(6-4-15)14-24-11-9-18(10-12-24)21(25)23-19-7-8-20(22)16(2)13-19/h3-8,13,18H,9-12,14H2,1-2H3,(H,23,25). The van der Waals surface area contributed by atoms with Crippen LogP contribution in [0.5, 0.6) is 0 Å². The number of hydrogen-bond donors (Lipinski definition) is 1. The Bertz CT molecular complexity index is 734. The number of nitrogens with one attached hydrogen (secondary N) is 1. The zero-order valence-corrected chi connectivity index (χ0v) is 16.5. The Kier molecular flexibility index (Phi) is 5.92. The van der Waals surface area contributed by atoms with Crippen molar-refractivity contribution in [3.63, 3.8) is 0 Å². The number of benzene rings is 2. The number of amides is 1. The summed E-state index contributed by atoms with van der Waals surface area (Å²) in [6, 6.07) is 14.7. The zero-order chi connectivity index (χ0) is 17.8. The van der Waals surface area contributed by atoms with E-state index in [9.17, 15) is 4.79 Å². The molecule has 0 aliphatic carbocycles. The van der Waals surface area contributed by atoms with Gasteiger partial charge in [0, 0.05) is 22.6 Å². The summed E-state index contributed by atoms with van der Waals surface area (Å²) in [5.41, 5.74) is 4.65. The minimum atomic E-state index is 0.109. The van der Waals surface area contributed by atoms with Gasteiger partial charge in [-0.3, -0.25) is 9.69 Å². The summed E-state index contributed by atoms with van der Waals surface area (Å²) in [5.74, 6) is 0.259. The quantitative estimate of drug-likeness (QED) is 0.789. The predicted molar refractivity (Wildman–Crippen MR) is 107 cm³/mol. The number of likely N-dealkylation sites (tertiary alicyclic amines) is 1. The van der Waals surface area contributed by atoms with Gasteiger partial charge < -0.3 is 5.32 Å². The molecule has 2 aromatic rings. The van der Waals surface area contributed by atoms with Crippen LogP contribution in [-0.2, 0) is 11.3 Å². The van der Waals surface area contributed by atoms with Crippen molar-refractivity contribution in [1.29, 1.82) is 0 Å². The Morgan fingerprint density at radius 3 is 2.44 bits per heavy atom. The number of nitrogens with zero attached hydrogens (tertiary/aromatic N) is 1. The molecular formula is C21H25BrN2O. The smallest absolute Gasteiger partial charge is 0.227 e. The highest BCUT2D eigenvalue weighted by molar-refractivity contribution is 9.10. The third-order valence-electron chi connectivity index (χ3n) is 4.91. The van der Waals surface area contributed by atoms with Gasteiger partial charge in [-0.05, 0) is 69.1 Å². The van der Waals surface area contributed by atoms with E-state index in [0.29, 0.717) is 0 Å². The Morgan fingerprint density at radius 1 is 1.12 bits per heavy atom. The van der Waals surface area contributed by atoms with E-state index < -0.39 is 0 Å². The molecule has 0 atom stereocenters. The highest BCUT2D eigenvalue weighted by Gasteiger charge is 2.25. The molecule has 1 aliphatic heterocycles. The first kappa shape index (κ1) is 18.2. The molecule has 0 aromatic heterocycles. The first-order valence-electron chi connectivity index (χ1n) is 8.86. The van der Waals surface area contributed by atoms with Gasteiger partial charge >= 0.3 is 0 Å². The van der Waals surface area contributed by atoms with Crippen LogP contribution in [0.2, 0.25) is 0 Å². The van der Waals surface area contributed by atoms with Crippen molar-refractivity contribution in [2.24, 2.45) is 5.92 Å². The highest BCUT2D eigenvalue weighted by atomic mass is 79.9. The maximum absolute atomic E-state index is 12.5. The van der Waals surface area contributed by atoms with Crippen LogP contribution < -0.4 is 5.32 Å². The molecule has 0 bridgehead atoms. The van der Waals surface area contributed by atoms with E-state index in [1.54, 1.807) is 0 Å². The second-order valence-electron chi connectivity index (χ2n) is 6.99. The molecule has 4 heteroatoms. The summed E-state index contributed by atoms with van der Waals surface area (Å²) < 4.78 is 1.06. The van der Waals surface area contributed by atoms with E-state index in [-0.39, 0.29) is 11.8 Å². The van der Waals surface area contributed by atoms with Crippen LogP contribution >= 0.6 is 15.9 Å². The first-order chi connectivity index (χ1) is 12.0. The summed E-state index contributed by atoms with van der Waals surface area (Å²) in [7, 11) is 0. The zero-order valence-electron chi connectivity index (χ0n) is 14.9. The lowest BCUT2D eigenvalue weighted by Crippen LogP contribution is -2.37. The molecule has 1 saturated heterocycles. The third-order valence-corrected chi connectivity index (χ3v) is 5.80. The SMILES string of the molecule is Cc1ccc(CN2CCC(C(=O)Nc3ccc(Br)c(C)c3)CC2)cc1. The van der Waals surface area contributed by atoms with Crippen molar-refractivity contribution < 1.29 is 4.79 Å². The van der Waals surface area contributed by atoms with Crippen molar-refractivity contribution in [2.45, 2.75) is 33.2 Å². The van der Waals surface area contributed by atoms with E-state index in [4.69, 9.17) is 0 Å². The lowest BCUT2D eigenvalue weighted by atomic mass is 9.95. The topological polar surface area (TPSA) is 32.3 Å². The fourth-order valence-electron chi connectivity index (χ4n) is 3.27. The minimum Gasteiger partial charge on any atom is -0.326 e. The molecule has 1 N–H and O–H groups in total. The molecule has 1 amide bonds. The van der Waals surface area contributed by atoms with Gasteiger partial charge in [0.2, 0.25) is 5.91 Å². The molecule has 1 heterocycles. The van der Waals surface area contributed by atoms with Crippen LogP contribution in [0, 0.1) is 19.8 Å². The molecule has 3 rings (SSSR count). The normalized spacial score (nSPS) is 16.0. The average Bonchev–Trinajstić information content (AvgIpc) is 2.61. The lowest BCUT2D eigenvalue weighted by Gasteiger charge is -2.31. The van der Waals surface area contributed by atoms with Gasteiger partial charge in [-0.1, -0.05) is 45.8 Å². The molecular weight excluding hydrogens is 376 g/mol. The fourth-order valence-corrected chi connectivity index (χ4v) is 3.52. The summed E-state index contributed by atoms with van der Waals surface area (Å²) in [6.07, 6.45) is 1.85. The summed E-state index contributed by atoms with van der Waals surface area (Å²) in [5, 5.41) is 3.07. The van der Waals surface area contributed by atoms with Gasteiger partial charge in [-0.2, -0.15) is 0 Å². The van der Waals surface area contributed by atoms with Crippen LogP contribution in [0.1, 0.15) is 29.5 Å². The molecule has 25 heavy (non-hydrogen) atoms. The summed E-state index contributed by atoms with van der Waals surface area (Å²) in [6.45, 7) is 7.07. The summed E-state index contributed by atoms with van der Waals surface area (Å²) >= 11 is 3.49. The maximum Gasteiger partial charge on any atom is 0.227 e. The van der Waals surface area contributed by atoms with E-state index in [1.807, 2.05) is 25.1 Å². The van der Waals surface area contributed by atoms with Gasteiger partial charge in [0.15, 0.2) is 0 Å². The second-order valence-corrected chi connectivity index (χ2v) is 7.84. The van der Waals surface area contributed by atoms with E-state index >= 15 is 0 Å². The number of piperidine rings is 1. The minimum absolute atomic E-state index is 0.109. The molecule has 3 nitrogen and oxygen atoms in total. The highest BCUT2D eigenvalue weighted by Crippen LogP contribution is 2.23. The first-order valence-corrected chi connectivity index (χ1v) is 9.65. The molecule has 1 aliphatic rings. The number of aryl methyl sites for hydroxylation is 2. The molecule has 0 saturated carbocycles. The number of anilines is 1. The van der Waals surface area contributed by atoms with Gasteiger partial charge in [0.05, 0.1) is 0 Å². The van der Waals surface area contributed by atoms with E-state index in [2.05, 4.69) is 57.3 Å². The summed E-state index contributed by atoms with van der Waals surface area (Å²) in [4.78, 5) is 15.0. The maximum atomic E-state index is 12.5. The van der Waals surface area contributed by atoms with Crippen LogP contribution in [0.4, 0.5) is 5.69 Å². The van der Waals surface area contributed by atoms with Crippen molar-refractivity contribution in [2.75, 3.05) is 18.4 Å². The van der Waals surface area contributed by atoms with Crippen molar-refractivity contribution >= 4 is 27.5 Å². The van der Waals surface area contributed by atoms with E-state index in [0.717, 1.165) is 48.2 Å². The van der Waals surface area contributed by atoms with E-state index in [1.165, 1.54) is 11.1 Å². The lowest BCUT2D eigenvalue weighted by molar-refractivity contribution is -0.121. The Labute approximate surface area is 158 Å². The number of carbonyl (C=O) groups is 1. The largest absolute Gasteiger partial charge is 0.326 e. The number of rotatable bonds is 4. The van der Waals surface area contributed by atoms with Gasteiger partial charge in [0.1, 0.15) is 0 Å². The van der Waals surface area contributed by atoms with Crippen LogP contribution in [-0.4, -0.2) is 23.9 Å².